The maximum atomic E-state index is 12.2. The lowest BCUT2D eigenvalue weighted by Gasteiger charge is -2.29. The normalized spacial score (nSPS) is 20.9. The Morgan fingerprint density at radius 3 is 2.57 bits per heavy atom. The van der Waals surface area contributed by atoms with E-state index in [0.717, 1.165) is 31.2 Å². The minimum atomic E-state index is -3.29. The molecule has 0 atom stereocenters. The molecule has 1 aromatic heterocycles. The van der Waals surface area contributed by atoms with Crippen LogP contribution in [-0.2, 0) is 10.0 Å². The summed E-state index contributed by atoms with van der Waals surface area (Å²) in [4.78, 5) is 4.39. The van der Waals surface area contributed by atoms with E-state index in [0.29, 0.717) is 29.3 Å². The molecule has 1 aliphatic rings. The van der Waals surface area contributed by atoms with E-state index >= 15 is 0 Å². The molecule has 1 heterocycles. The molecule has 154 valence electrons. The molecule has 1 aromatic carbocycles. The molecule has 0 saturated heterocycles. The molecule has 0 unspecified atom stereocenters. The summed E-state index contributed by atoms with van der Waals surface area (Å²) in [5.41, 5.74) is 0.805. The van der Waals surface area contributed by atoms with E-state index in [9.17, 15) is 8.42 Å². The van der Waals surface area contributed by atoms with Crippen molar-refractivity contribution in [1.82, 2.24) is 14.9 Å². The first-order valence-corrected chi connectivity index (χ1v) is 11.4. The van der Waals surface area contributed by atoms with Crippen molar-refractivity contribution in [2.45, 2.75) is 57.2 Å². The van der Waals surface area contributed by atoms with Gasteiger partial charge in [-0.25, -0.2) is 13.1 Å². The number of hydrogen-bond donors (Lipinski definition) is 2. The standard InChI is InChI=1S/C19H27ClN4O3S/c1-19(2,3)28(25,26)21-12-13-7-9-16(10-8-13)22-18-23-17(24-27-18)14-5-4-6-15(20)11-14/h4-6,11,13,16,21H,7-10,12H2,1-3H3,(H,22,23,24)/t13-,16-. The largest absolute Gasteiger partial charge is 0.335 e. The van der Waals surface area contributed by atoms with E-state index < -0.39 is 14.8 Å². The number of sulfonamides is 1. The average Bonchev–Trinajstić information content (AvgIpc) is 3.09. The minimum absolute atomic E-state index is 0.239. The molecule has 0 spiro atoms. The van der Waals surface area contributed by atoms with Crippen molar-refractivity contribution in [1.29, 1.82) is 0 Å². The van der Waals surface area contributed by atoms with E-state index in [-0.39, 0.29) is 6.04 Å². The summed E-state index contributed by atoms with van der Waals surface area (Å²) >= 11 is 6.00. The van der Waals surface area contributed by atoms with E-state index in [2.05, 4.69) is 20.2 Å². The number of nitrogens with zero attached hydrogens (tertiary/aromatic N) is 2. The summed E-state index contributed by atoms with van der Waals surface area (Å²) in [5, 5.41) is 7.92. The number of hydrogen-bond acceptors (Lipinski definition) is 6. The topological polar surface area (TPSA) is 97.1 Å². The van der Waals surface area contributed by atoms with Crippen LogP contribution in [0.1, 0.15) is 46.5 Å². The number of nitrogens with one attached hydrogen (secondary N) is 2. The van der Waals surface area contributed by atoms with Gasteiger partial charge in [0, 0.05) is 23.2 Å². The summed E-state index contributed by atoms with van der Waals surface area (Å²) in [7, 11) is -3.29. The molecule has 2 N–H and O–H groups in total. The molecule has 3 rings (SSSR count). The Kier molecular flexibility index (Phi) is 6.31. The Balaban J connectivity index is 1.49. The monoisotopic (exact) mass is 426 g/mol. The van der Waals surface area contributed by atoms with Crippen LogP contribution >= 0.6 is 11.6 Å². The molecule has 1 fully saturated rings. The van der Waals surface area contributed by atoms with Gasteiger partial charge in [-0.15, -0.1) is 0 Å². The van der Waals surface area contributed by atoms with Gasteiger partial charge in [-0.1, -0.05) is 28.9 Å². The summed E-state index contributed by atoms with van der Waals surface area (Å²) in [6.45, 7) is 5.61. The van der Waals surface area contributed by atoms with Crippen LogP contribution in [0.4, 0.5) is 6.01 Å². The first kappa shape index (κ1) is 21.1. The van der Waals surface area contributed by atoms with Gasteiger partial charge in [0.1, 0.15) is 0 Å². The number of rotatable bonds is 6. The smallest absolute Gasteiger partial charge is 0.322 e. The highest BCUT2D eigenvalue weighted by Gasteiger charge is 2.30. The molecular weight excluding hydrogens is 400 g/mol. The summed E-state index contributed by atoms with van der Waals surface area (Å²) < 4.78 is 31.6. The third kappa shape index (κ3) is 5.24. The zero-order valence-corrected chi connectivity index (χ0v) is 18.0. The highest BCUT2D eigenvalue weighted by Crippen LogP contribution is 2.27. The Hall–Kier alpha value is -1.64. The molecule has 7 nitrogen and oxygen atoms in total. The zero-order valence-electron chi connectivity index (χ0n) is 16.4. The maximum Gasteiger partial charge on any atom is 0.322 e. The van der Waals surface area contributed by atoms with Gasteiger partial charge in [0.2, 0.25) is 15.8 Å². The molecule has 0 bridgehead atoms. The minimum Gasteiger partial charge on any atom is -0.335 e. The SMILES string of the molecule is CC(C)(C)S(=O)(=O)NC[C@H]1CC[C@H](Nc2nc(-c3cccc(Cl)c3)no2)CC1. The predicted molar refractivity (Wildman–Crippen MR) is 111 cm³/mol. The van der Waals surface area contributed by atoms with Gasteiger partial charge in [-0.3, -0.25) is 0 Å². The zero-order chi connectivity index (χ0) is 20.4. The van der Waals surface area contributed by atoms with Crippen LogP contribution in [0.2, 0.25) is 5.02 Å². The van der Waals surface area contributed by atoms with Crippen LogP contribution in [0.25, 0.3) is 11.4 Å². The van der Waals surface area contributed by atoms with Crippen LogP contribution in [0.5, 0.6) is 0 Å². The van der Waals surface area contributed by atoms with Crippen molar-refractivity contribution < 1.29 is 12.9 Å². The quantitative estimate of drug-likeness (QED) is 0.722. The Morgan fingerprint density at radius 1 is 1.21 bits per heavy atom. The number of benzene rings is 1. The van der Waals surface area contributed by atoms with E-state index in [1.807, 2.05) is 12.1 Å². The lowest BCUT2D eigenvalue weighted by atomic mass is 9.86. The Bertz CT molecular complexity index is 900. The lowest BCUT2D eigenvalue weighted by molar-refractivity contribution is 0.329. The second-order valence-corrected chi connectivity index (χ2v) is 11.2. The van der Waals surface area contributed by atoms with Gasteiger partial charge in [-0.2, -0.15) is 4.98 Å². The van der Waals surface area contributed by atoms with Crippen LogP contribution in [0, 0.1) is 5.92 Å². The molecular formula is C19H27ClN4O3S. The van der Waals surface area contributed by atoms with Gasteiger partial charge in [-0.05, 0) is 64.5 Å². The van der Waals surface area contributed by atoms with E-state index in [1.165, 1.54) is 0 Å². The van der Waals surface area contributed by atoms with Crippen LogP contribution in [0.15, 0.2) is 28.8 Å². The number of aromatic nitrogens is 2. The van der Waals surface area contributed by atoms with Gasteiger partial charge < -0.3 is 9.84 Å². The number of halogens is 1. The van der Waals surface area contributed by atoms with Crippen molar-refractivity contribution in [2.24, 2.45) is 5.92 Å². The fourth-order valence-corrected chi connectivity index (χ4v) is 4.23. The fraction of sp³-hybridized carbons (Fsp3) is 0.579. The van der Waals surface area contributed by atoms with E-state index in [1.54, 1.807) is 32.9 Å². The summed E-state index contributed by atoms with van der Waals surface area (Å²) in [6.07, 6.45) is 3.74. The summed E-state index contributed by atoms with van der Waals surface area (Å²) in [6, 6.07) is 7.94. The Morgan fingerprint density at radius 2 is 1.93 bits per heavy atom. The molecule has 0 radical (unpaired) electrons. The van der Waals surface area contributed by atoms with Crippen molar-refractivity contribution in [2.75, 3.05) is 11.9 Å². The van der Waals surface area contributed by atoms with Crippen LogP contribution < -0.4 is 10.0 Å². The van der Waals surface area contributed by atoms with Crippen molar-refractivity contribution in [3.8, 4) is 11.4 Å². The highest BCUT2D eigenvalue weighted by atomic mass is 35.5. The first-order chi connectivity index (χ1) is 13.1. The lowest BCUT2D eigenvalue weighted by Crippen LogP contribution is -2.42. The van der Waals surface area contributed by atoms with Gasteiger partial charge in [0.05, 0.1) is 4.75 Å². The van der Waals surface area contributed by atoms with Gasteiger partial charge in [0.25, 0.3) is 0 Å². The second kappa shape index (κ2) is 8.39. The number of anilines is 1. The molecule has 28 heavy (non-hydrogen) atoms. The van der Waals surface area contributed by atoms with Gasteiger partial charge >= 0.3 is 6.01 Å². The average molecular weight is 427 g/mol. The maximum absolute atomic E-state index is 12.2. The molecule has 2 aromatic rings. The van der Waals surface area contributed by atoms with Crippen molar-refractivity contribution >= 4 is 27.6 Å². The van der Waals surface area contributed by atoms with Gasteiger partial charge in [0.15, 0.2) is 0 Å². The van der Waals surface area contributed by atoms with Crippen molar-refractivity contribution in [3.63, 3.8) is 0 Å². The van der Waals surface area contributed by atoms with Crippen molar-refractivity contribution in [3.05, 3.63) is 29.3 Å². The molecule has 9 heteroatoms. The van der Waals surface area contributed by atoms with Crippen LogP contribution in [0.3, 0.4) is 0 Å². The highest BCUT2D eigenvalue weighted by molar-refractivity contribution is 7.90. The first-order valence-electron chi connectivity index (χ1n) is 9.49. The summed E-state index contributed by atoms with van der Waals surface area (Å²) in [5.74, 6) is 0.843. The third-order valence-electron chi connectivity index (χ3n) is 5.05. The predicted octanol–water partition coefficient (Wildman–Crippen LogP) is 4.08. The molecule has 0 aliphatic heterocycles. The molecule has 1 saturated carbocycles. The van der Waals surface area contributed by atoms with Crippen LogP contribution in [-0.4, -0.2) is 35.9 Å². The Labute approximate surface area is 171 Å². The molecule has 0 amide bonds. The fourth-order valence-electron chi connectivity index (χ4n) is 3.16. The second-order valence-electron chi connectivity index (χ2n) is 8.26. The van der Waals surface area contributed by atoms with E-state index in [4.69, 9.17) is 16.1 Å². The molecule has 1 aliphatic carbocycles. The third-order valence-corrected chi connectivity index (χ3v) is 7.45.